The number of rotatable bonds is 1. The molecule has 0 bridgehead atoms. The van der Waals surface area contributed by atoms with Crippen molar-refractivity contribution in [3.05, 3.63) is 73.8 Å². The number of thiol groups is 1. The van der Waals surface area contributed by atoms with Gasteiger partial charge in [0.1, 0.15) is 0 Å². The molecule has 0 fully saturated rings. The summed E-state index contributed by atoms with van der Waals surface area (Å²) < 4.78 is 0.588. The van der Waals surface area contributed by atoms with Crippen molar-refractivity contribution in [2.24, 2.45) is 0 Å². The maximum atomic E-state index is 5.86. The van der Waals surface area contributed by atoms with Crippen molar-refractivity contribution >= 4 is 40.6 Å². The van der Waals surface area contributed by atoms with E-state index in [0.717, 1.165) is 16.1 Å². The lowest BCUT2D eigenvalue weighted by atomic mass is 10.1. The molecule has 0 saturated carbocycles. The third kappa shape index (κ3) is 13.3. The number of hydrogen-bond donors (Lipinski definition) is 3. The summed E-state index contributed by atoms with van der Waals surface area (Å²) in [6, 6.07) is 5.62. The van der Waals surface area contributed by atoms with Crippen molar-refractivity contribution in [2.75, 3.05) is 0 Å². The van der Waals surface area contributed by atoms with Crippen LogP contribution in [-0.2, 0) is 0 Å². The summed E-state index contributed by atoms with van der Waals surface area (Å²) >= 11 is 14.9. The zero-order valence-electron chi connectivity index (χ0n) is 11.6. The monoisotopic (exact) mass is 320 g/mol. The van der Waals surface area contributed by atoms with Gasteiger partial charge in [-0.25, -0.2) is 0 Å². The van der Waals surface area contributed by atoms with E-state index in [2.05, 4.69) is 52.1 Å². The molecule has 0 heterocycles. The minimum Gasteiger partial charge on any atom is -0.344 e. The minimum atomic E-state index is 0. The van der Waals surface area contributed by atoms with Crippen LogP contribution in [0.25, 0.3) is 0 Å². The highest BCUT2D eigenvalue weighted by Gasteiger charge is 2.02. The fraction of sp³-hybridized carbons (Fsp3) is 0.0714. The molecule has 5 heteroatoms. The van der Waals surface area contributed by atoms with Crippen molar-refractivity contribution in [1.29, 1.82) is 0 Å². The van der Waals surface area contributed by atoms with Crippen LogP contribution in [0.5, 0.6) is 0 Å². The average molecular weight is 321 g/mol. The van der Waals surface area contributed by atoms with Crippen molar-refractivity contribution < 1.29 is 0 Å². The van der Waals surface area contributed by atoms with Gasteiger partial charge in [0.15, 0.2) is 0 Å². The van der Waals surface area contributed by atoms with Gasteiger partial charge in [-0.05, 0) is 18.6 Å². The zero-order valence-corrected chi connectivity index (χ0v) is 14.1. The molecule has 1 aromatic rings. The molecule has 1 rings (SSSR count). The Bertz CT molecular complexity index is 339. The van der Waals surface area contributed by atoms with Crippen LogP contribution >= 0.6 is 36.4 Å². The second-order valence-corrected chi connectivity index (χ2v) is 3.78. The molecule has 2 nitrogen and oxygen atoms in total. The van der Waals surface area contributed by atoms with E-state index in [4.69, 9.17) is 23.8 Å². The van der Waals surface area contributed by atoms with E-state index in [1.54, 1.807) is 0 Å². The lowest BCUT2D eigenvalue weighted by Gasteiger charge is -2.03. The number of hydrogen-bond acceptors (Lipinski definition) is 3. The second-order valence-electron chi connectivity index (χ2n) is 2.22. The lowest BCUT2D eigenvalue weighted by molar-refractivity contribution is 1.46. The highest BCUT2D eigenvalue weighted by Crippen LogP contribution is 2.20. The molecular weight excluding hydrogens is 296 g/mol. The zero-order chi connectivity index (χ0) is 14.4. The first-order valence-corrected chi connectivity index (χ1v) is 5.84. The van der Waals surface area contributed by atoms with Gasteiger partial charge in [-0.1, -0.05) is 36.0 Å². The third-order valence-electron chi connectivity index (χ3n) is 1.50. The first-order chi connectivity index (χ1) is 8.13. The predicted octanol–water partition coefficient (Wildman–Crippen LogP) is 5.98. The van der Waals surface area contributed by atoms with Crippen LogP contribution in [0.2, 0.25) is 5.02 Å². The Labute approximate surface area is 133 Å². The normalized spacial score (nSPS) is 6.26. The molecule has 19 heavy (non-hydrogen) atoms. The summed E-state index contributed by atoms with van der Waals surface area (Å²) in [5.74, 6) is 0. The Morgan fingerprint density at radius 3 is 1.68 bits per heavy atom. The molecule has 110 valence electrons. The fourth-order valence-corrected chi connectivity index (χ4v) is 1.48. The summed E-state index contributed by atoms with van der Waals surface area (Å²) in [6.07, 6.45) is 0. The average Bonchev–Trinajstić information content (AvgIpc) is 2.39. The van der Waals surface area contributed by atoms with Gasteiger partial charge in [-0.2, -0.15) is 0 Å². The molecule has 6 N–H and O–H groups in total. The third-order valence-corrected chi connectivity index (χ3v) is 2.37. The molecule has 0 spiro atoms. The van der Waals surface area contributed by atoms with E-state index in [1.807, 2.05) is 25.1 Å². The van der Waals surface area contributed by atoms with Gasteiger partial charge >= 0.3 is 0 Å². The molecule has 0 aliphatic carbocycles. The van der Waals surface area contributed by atoms with Crippen LogP contribution < -0.4 is 12.3 Å². The van der Waals surface area contributed by atoms with Crippen molar-refractivity contribution in [1.82, 2.24) is 12.3 Å². The molecule has 0 aliphatic rings. The Morgan fingerprint density at radius 1 is 1.05 bits per heavy atom. The SMILES string of the molecule is C=C.C=C.C=C.Cc1c(Cl)cccc1C(=S)S.N.N. The van der Waals surface area contributed by atoms with Crippen LogP contribution in [-0.4, -0.2) is 4.20 Å². The molecule has 0 atom stereocenters. The fourth-order valence-electron chi connectivity index (χ4n) is 0.839. The summed E-state index contributed by atoms with van der Waals surface area (Å²) in [4.78, 5) is 0. The van der Waals surface area contributed by atoms with Crippen molar-refractivity contribution in [3.63, 3.8) is 0 Å². The smallest absolute Gasteiger partial charge is 0.0750 e. The van der Waals surface area contributed by atoms with Gasteiger partial charge in [0.2, 0.25) is 0 Å². The quantitative estimate of drug-likeness (QED) is 0.338. The molecule has 0 unspecified atom stereocenters. The standard InChI is InChI=1S/C8H7ClS2.3C2H4.2H3N/c1-5-6(8(10)11)3-2-4-7(5)9;3*1-2;;/h2-4H,1H3,(H,10,11);3*1-2H2;2*1H3. The minimum absolute atomic E-state index is 0. The van der Waals surface area contributed by atoms with Crippen LogP contribution in [0.3, 0.4) is 0 Å². The van der Waals surface area contributed by atoms with E-state index in [0.29, 0.717) is 4.20 Å². The highest BCUT2D eigenvalue weighted by molar-refractivity contribution is 8.11. The summed E-state index contributed by atoms with van der Waals surface area (Å²) in [5.41, 5.74) is 1.94. The van der Waals surface area contributed by atoms with Gasteiger partial charge in [0.05, 0.1) is 4.20 Å². The Kier molecular flexibility index (Phi) is 36.2. The van der Waals surface area contributed by atoms with Gasteiger partial charge in [-0.3, -0.25) is 0 Å². The summed E-state index contributed by atoms with van der Waals surface area (Å²) in [6.45, 7) is 19.9. The first kappa shape index (κ1) is 30.8. The first-order valence-electron chi connectivity index (χ1n) is 4.61. The van der Waals surface area contributed by atoms with Crippen LogP contribution in [0, 0.1) is 6.92 Å². The van der Waals surface area contributed by atoms with E-state index in [1.165, 1.54) is 0 Å². The Morgan fingerprint density at radius 2 is 1.42 bits per heavy atom. The number of benzene rings is 1. The molecule has 0 amide bonds. The van der Waals surface area contributed by atoms with Gasteiger partial charge in [0, 0.05) is 10.6 Å². The van der Waals surface area contributed by atoms with E-state index >= 15 is 0 Å². The van der Waals surface area contributed by atoms with Crippen LogP contribution in [0.4, 0.5) is 0 Å². The van der Waals surface area contributed by atoms with Crippen molar-refractivity contribution in [3.8, 4) is 0 Å². The number of thiocarbonyl (C=S) groups is 1. The Hall–Kier alpha value is -0.910. The maximum absolute atomic E-state index is 5.86. The topological polar surface area (TPSA) is 70.0 Å². The Balaban J connectivity index is -0.0000000724. The maximum Gasteiger partial charge on any atom is 0.0750 e. The molecule has 0 aromatic heterocycles. The molecule has 0 aliphatic heterocycles. The summed E-state index contributed by atoms with van der Waals surface area (Å²) in [5, 5.41) is 0.735. The van der Waals surface area contributed by atoms with Crippen LogP contribution in [0.15, 0.2) is 57.7 Å². The highest BCUT2D eigenvalue weighted by atomic mass is 35.5. The van der Waals surface area contributed by atoms with E-state index < -0.39 is 0 Å². The molecule has 0 saturated heterocycles. The van der Waals surface area contributed by atoms with Crippen LogP contribution in [0.1, 0.15) is 11.1 Å². The van der Waals surface area contributed by atoms with Gasteiger partial charge in [-0.15, -0.1) is 52.1 Å². The number of halogens is 1. The largest absolute Gasteiger partial charge is 0.344 e. The lowest BCUT2D eigenvalue weighted by Crippen LogP contribution is -1.91. The molecular formula is C14H25ClN2S2. The second kappa shape index (κ2) is 22.3. The predicted molar refractivity (Wildman–Crippen MR) is 101 cm³/mol. The van der Waals surface area contributed by atoms with Gasteiger partial charge in [0.25, 0.3) is 0 Å². The molecule has 1 aromatic carbocycles. The van der Waals surface area contributed by atoms with E-state index in [9.17, 15) is 0 Å². The van der Waals surface area contributed by atoms with E-state index in [-0.39, 0.29) is 12.3 Å². The molecule has 0 radical (unpaired) electrons. The van der Waals surface area contributed by atoms with Crippen molar-refractivity contribution in [2.45, 2.75) is 6.92 Å². The van der Waals surface area contributed by atoms with Gasteiger partial charge < -0.3 is 12.3 Å². The summed E-state index contributed by atoms with van der Waals surface area (Å²) in [7, 11) is 0.